The van der Waals surface area contributed by atoms with Crippen molar-refractivity contribution in [3.63, 3.8) is 0 Å². The molecule has 1 saturated carbocycles. The van der Waals surface area contributed by atoms with E-state index in [0.29, 0.717) is 0 Å². The highest BCUT2D eigenvalue weighted by atomic mass is 15.3. The maximum Gasteiger partial charge on any atom is 0.147 e. The Hall–Kier alpha value is -0.900. The number of nitrogens with zero attached hydrogens (tertiary/aromatic N) is 3. The second kappa shape index (κ2) is 3.93. The monoisotopic (exact) mass is 206 g/mol. The zero-order chi connectivity index (χ0) is 10.1. The summed E-state index contributed by atoms with van der Waals surface area (Å²) in [4.78, 5) is 0. The molecule has 0 aromatic carbocycles. The minimum atomic E-state index is 0.738. The third-order valence-corrected chi connectivity index (χ3v) is 3.59. The maximum atomic E-state index is 4.28. The van der Waals surface area contributed by atoms with Gasteiger partial charge >= 0.3 is 0 Å². The molecule has 0 radical (unpaired) electrons. The van der Waals surface area contributed by atoms with Crippen molar-refractivity contribution < 1.29 is 0 Å². The van der Waals surface area contributed by atoms with Crippen LogP contribution in [0.15, 0.2) is 0 Å². The van der Waals surface area contributed by atoms with E-state index in [1.165, 1.54) is 37.9 Å². The summed E-state index contributed by atoms with van der Waals surface area (Å²) in [5, 5.41) is 12.1. The molecule has 0 bridgehead atoms. The Morgan fingerprint density at radius 1 is 1.20 bits per heavy atom. The molecule has 15 heavy (non-hydrogen) atoms. The zero-order valence-corrected chi connectivity index (χ0v) is 9.08. The Labute approximate surface area is 90.1 Å². The summed E-state index contributed by atoms with van der Waals surface area (Å²) in [6.45, 7) is 2.02. The summed E-state index contributed by atoms with van der Waals surface area (Å²) < 4.78 is 2.30. The molecule has 82 valence electrons. The van der Waals surface area contributed by atoms with E-state index >= 15 is 0 Å². The van der Waals surface area contributed by atoms with Crippen LogP contribution in [0.25, 0.3) is 0 Å². The van der Waals surface area contributed by atoms with E-state index in [1.807, 2.05) is 0 Å². The van der Waals surface area contributed by atoms with Crippen LogP contribution in [0.3, 0.4) is 0 Å². The van der Waals surface area contributed by atoms with Crippen LogP contribution in [0.1, 0.15) is 43.8 Å². The lowest BCUT2D eigenvalue weighted by atomic mass is 9.93. The molecule has 4 nitrogen and oxygen atoms in total. The fraction of sp³-hybridized carbons (Fsp3) is 0.818. The lowest BCUT2D eigenvalue weighted by Crippen LogP contribution is -2.35. The van der Waals surface area contributed by atoms with Gasteiger partial charge in [-0.3, -0.25) is 0 Å². The third-order valence-electron chi connectivity index (χ3n) is 3.59. The van der Waals surface area contributed by atoms with Crippen molar-refractivity contribution in [1.29, 1.82) is 0 Å². The van der Waals surface area contributed by atoms with Crippen molar-refractivity contribution in [2.45, 2.75) is 57.7 Å². The van der Waals surface area contributed by atoms with Gasteiger partial charge in [0.25, 0.3) is 0 Å². The van der Waals surface area contributed by atoms with E-state index < -0.39 is 0 Å². The summed E-state index contributed by atoms with van der Waals surface area (Å²) in [6.07, 6.45) is 7.71. The molecule has 2 heterocycles. The van der Waals surface area contributed by atoms with Crippen molar-refractivity contribution in [3.8, 4) is 0 Å². The van der Waals surface area contributed by atoms with Gasteiger partial charge in [0.15, 0.2) is 0 Å². The largest absolute Gasteiger partial charge is 0.314 e. The Kier molecular flexibility index (Phi) is 2.44. The van der Waals surface area contributed by atoms with Crippen LogP contribution in [0, 0.1) is 0 Å². The summed E-state index contributed by atoms with van der Waals surface area (Å²) >= 11 is 0. The predicted molar refractivity (Wildman–Crippen MR) is 57.4 cm³/mol. The summed E-state index contributed by atoms with van der Waals surface area (Å²) in [7, 11) is 0. The molecule has 4 heteroatoms. The second-order valence-electron chi connectivity index (χ2n) is 4.65. The molecule has 1 fully saturated rings. The van der Waals surface area contributed by atoms with Gasteiger partial charge in [0.2, 0.25) is 0 Å². The zero-order valence-electron chi connectivity index (χ0n) is 9.08. The minimum absolute atomic E-state index is 0.738. The minimum Gasteiger partial charge on any atom is -0.314 e. The van der Waals surface area contributed by atoms with Gasteiger partial charge in [0, 0.05) is 19.0 Å². The first-order valence-corrected chi connectivity index (χ1v) is 6.08. The van der Waals surface area contributed by atoms with Crippen LogP contribution in [-0.2, 0) is 19.5 Å². The Balaban J connectivity index is 1.66. The van der Waals surface area contributed by atoms with Crippen molar-refractivity contribution in [2.75, 3.05) is 0 Å². The molecule has 1 aliphatic carbocycles. The molecule has 1 aliphatic heterocycles. The highest BCUT2D eigenvalue weighted by Gasteiger charge is 2.19. The van der Waals surface area contributed by atoms with Gasteiger partial charge in [0.1, 0.15) is 11.6 Å². The van der Waals surface area contributed by atoms with E-state index in [2.05, 4.69) is 20.1 Å². The van der Waals surface area contributed by atoms with Gasteiger partial charge in [-0.05, 0) is 25.7 Å². The summed E-state index contributed by atoms with van der Waals surface area (Å²) in [5.74, 6) is 2.32. The van der Waals surface area contributed by atoms with E-state index in [4.69, 9.17) is 0 Å². The lowest BCUT2D eigenvalue weighted by Gasteiger charge is -2.26. The predicted octanol–water partition coefficient (Wildman–Crippen LogP) is 1.26. The van der Waals surface area contributed by atoms with Crippen LogP contribution in [0.4, 0.5) is 0 Å². The molecular formula is C11H18N4. The average Bonchev–Trinajstić information content (AvgIpc) is 2.60. The molecule has 1 aromatic heterocycles. The fourth-order valence-electron chi connectivity index (χ4n) is 2.35. The number of hydrogen-bond acceptors (Lipinski definition) is 3. The summed E-state index contributed by atoms with van der Waals surface area (Å²) in [5.41, 5.74) is 0. The van der Waals surface area contributed by atoms with Gasteiger partial charge in [-0.15, -0.1) is 10.2 Å². The van der Waals surface area contributed by atoms with Crippen LogP contribution in [-0.4, -0.2) is 20.8 Å². The van der Waals surface area contributed by atoms with Crippen LogP contribution in [0.5, 0.6) is 0 Å². The number of hydrogen-bond donors (Lipinski definition) is 1. The van der Waals surface area contributed by atoms with Gasteiger partial charge in [-0.2, -0.15) is 0 Å². The van der Waals surface area contributed by atoms with Gasteiger partial charge in [0.05, 0.1) is 6.54 Å². The fourth-order valence-corrected chi connectivity index (χ4v) is 2.35. The number of fused-ring (bicyclic) bond motifs is 1. The van der Waals surface area contributed by atoms with E-state index in [-0.39, 0.29) is 0 Å². The second-order valence-corrected chi connectivity index (χ2v) is 4.65. The molecule has 0 atom stereocenters. The quantitative estimate of drug-likeness (QED) is 0.809. The first-order chi connectivity index (χ1) is 7.43. The maximum absolute atomic E-state index is 4.28. The standard InChI is InChI=1S/C11H18N4/c1-2-7-15-10(6-1)13-14-11(15)8-12-9-4-3-5-9/h9,12H,1-8H2. The van der Waals surface area contributed by atoms with Gasteiger partial charge in [-0.1, -0.05) is 6.42 Å². The van der Waals surface area contributed by atoms with Crippen molar-refractivity contribution >= 4 is 0 Å². The normalized spacial score (nSPS) is 21.1. The van der Waals surface area contributed by atoms with Gasteiger partial charge < -0.3 is 9.88 Å². The molecule has 0 saturated heterocycles. The Morgan fingerprint density at radius 3 is 2.93 bits per heavy atom. The average molecular weight is 206 g/mol. The number of nitrogens with one attached hydrogen (secondary N) is 1. The molecule has 0 amide bonds. The van der Waals surface area contributed by atoms with Crippen molar-refractivity contribution in [3.05, 3.63) is 11.6 Å². The van der Waals surface area contributed by atoms with Crippen molar-refractivity contribution in [2.24, 2.45) is 0 Å². The van der Waals surface area contributed by atoms with Crippen molar-refractivity contribution in [1.82, 2.24) is 20.1 Å². The smallest absolute Gasteiger partial charge is 0.147 e. The van der Waals surface area contributed by atoms with Gasteiger partial charge in [-0.25, -0.2) is 0 Å². The highest BCUT2D eigenvalue weighted by Crippen LogP contribution is 2.19. The molecule has 0 unspecified atom stereocenters. The first-order valence-electron chi connectivity index (χ1n) is 6.08. The van der Waals surface area contributed by atoms with E-state index in [9.17, 15) is 0 Å². The first kappa shape index (κ1) is 9.33. The molecule has 1 aromatic rings. The van der Waals surface area contributed by atoms with Crippen LogP contribution >= 0.6 is 0 Å². The SMILES string of the molecule is C1CCn2c(nnc2CNC2CCC2)C1. The third kappa shape index (κ3) is 1.78. The summed E-state index contributed by atoms with van der Waals surface area (Å²) in [6, 6.07) is 0.738. The molecule has 3 rings (SSSR count). The van der Waals surface area contributed by atoms with E-state index in [0.717, 1.165) is 31.4 Å². The molecule has 0 spiro atoms. The van der Waals surface area contributed by atoms with E-state index in [1.54, 1.807) is 0 Å². The number of rotatable bonds is 3. The molecule has 1 N–H and O–H groups in total. The number of aryl methyl sites for hydroxylation is 1. The van der Waals surface area contributed by atoms with Crippen LogP contribution in [0.2, 0.25) is 0 Å². The van der Waals surface area contributed by atoms with Crippen LogP contribution < -0.4 is 5.32 Å². The highest BCUT2D eigenvalue weighted by molar-refractivity contribution is 4.99. The Morgan fingerprint density at radius 2 is 2.13 bits per heavy atom. The number of aromatic nitrogens is 3. The molecular weight excluding hydrogens is 188 g/mol. The Bertz CT molecular complexity index is 340. The molecule has 2 aliphatic rings. The topological polar surface area (TPSA) is 42.7 Å². The lowest BCUT2D eigenvalue weighted by molar-refractivity contribution is 0.331.